The first kappa shape index (κ1) is 16.5. The first-order valence-corrected chi connectivity index (χ1v) is 10.6. The van der Waals surface area contributed by atoms with Crippen LogP contribution in [0, 0.1) is 0 Å². The molecule has 0 fully saturated rings. The first-order valence-electron chi connectivity index (χ1n) is 7.34. The van der Waals surface area contributed by atoms with E-state index >= 15 is 0 Å². The standard InChI is InChI=1S/C16H24ClNO2Si/c1-16(2,3)21(4,5)20-13-9-11-8-12(17)6-7-14(11)18-15(19)10-13/h6-8,13H,9-10H2,1-5H3,(H,18,19). The van der Waals surface area contributed by atoms with E-state index in [4.69, 9.17) is 16.0 Å². The molecule has 2 rings (SSSR count). The van der Waals surface area contributed by atoms with E-state index in [9.17, 15) is 4.79 Å². The Bertz CT molecular complexity index is 552. The topological polar surface area (TPSA) is 38.3 Å². The fourth-order valence-corrected chi connectivity index (χ4v) is 3.80. The van der Waals surface area contributed by atoms with Gasteiger partial charge >= 0.3 is 0 Å². The molecule has 0 bridgehead atoms. The number of fused-ring (bicyclic) bond motifs is 1. The number of rotatable bonds is 2. The Morgan fingerprint density at radius 2 is 1.95 bits per heavy atom. The molecule has 0 saturated carbocycles. The molecule has 0 spiro atoms. The lowest BCUT2D eigenvalue weighted by Crippen LogP contribution is -2.44. The minimum atomic E-state index is -1.89. The molecule has 1 aromatic carbocycles. The first-order chi connectivity index (χ1) is 9.58. The van der Waals surface area contributed by atoms with Crippen molar-refractivity contribution in [3.8, 4) is 0 Å². The van der Waals surface area contributed by atoms with Crippen LogP contribution in [0.1, 0.15) is 32.8 Å². The van der Waals surface area contributed by atoms with Crippen molar-refractivity contribution in [1.29, 1.82) is 0 Å². The van der Waals surface area contributed by atoms with Gasteiger partial charge in [0.05, 0.1) is 12.5 Å². The molecule has 0 aliphatic carbocycles. The van der Waals surface area contributed by atoms with Crippen LogP contribution in [0.25, 0.3) is 0 Å². The van der Waals surface area contributed by atoms with Crippen molar-refractivity contribution >= 4 is 31.5 Å². The zero-order valence-electron chi connectivity index (χ0n) is 13.4. The van der Waals surface area contributed by atoms with Crippen LogP contribution in [-0.4, -0.2) is 20.3 Å². The van der Waals surface area contributed by atoms with Crippen molar-refractivity contribution in [3.63, 3.8) is 0 Å². The molecule has 1 aromatic rings. The second-order valence-corrected chi connectivity index (χ2v) is 12.5. The molecule has 5 heteroatoms. The van der Waals surface area contributed by atoms with Gasteiger partial charge in [-0.25, -0.2) is 0 Å². The number of amides is 1. The highest BCUT2D eigenvalue weighted by atomic mass is 35.5. The number of benzene rings is 1. The van der Waals surface area contributed by atoms with E-state index in [1.807, 2.05) is 12.1 Å². The maximum atomic E-state index is 12.1. The lowest BCUT2D eigenvalue weighted by atomic mass is 10.1. The zero-order valence-corrected chi connectivity index (χ0v) is 15.2. The van der Waals surface area contributed by atoms with Crippen molar-refractivity contribution in [3.05, 3.63) is 28.8 Å². The number of hydrogen-bond donors (Lipinski definition) is 1. The van der Waals surface area contributed by atoms with Gasteiger partial charge in [-0.1, -0.05) is 32.4 Å². The number of carbonyl (C=O) groups is 1. The number of anilines is 1. The van der Waals surface area contributed by atoms with E-state index in [-0.39, 0.29) is 17.0 Å². The molecule has 0 saturated heterocycles. The average molecular weight is 326 g/mol. The molecular formula is C16H24ClNO2Si. The van der Waals surface area contributed by atoms with Crippen molar-refractivity contribution in [2.24, 2.45) is 0 Å². The lowest BCUT2D eigenvalue weighted by molar-refractivity contribution is -0.117. The molecule has 1 amide bonds. The molecule has 3 nitrogen and oxygen atoms in total. The molecule has 21 heavy (non-hydrogen) atoms. The SMILES string of the molecule is CC(C)(C)[Si](C)(C)OC1CC(=O)Nc2ccc(Cl)cc2C1. The number of nitrogens with one attached hydrogen (secondary N) is 1. The Hall–Kier alpha value is -0.843. The van der Waals surface area contributed by atoms with E-state index in [0.29, 0.717) is 11.4 Å². The third-order valence-corrected chi connectivity index (χ3v) is 9.24. The molecule has 1 aliphatic heterocycles. The Balaban J connectivity index is 2.24. The van der Waals surface area contributed by atoms with Gasteiger partial charge in [0, 0.05) is 10.7 Å². The summed E-state index contributed by atoms with van der Waals surface area (Å²) in [7, 11) is -1.89. The third kappa shape index (κ3) is 3.87. The monoisotopic (exact) mass is 325 g/mol. The van der Waals surface area contributed by atoms with Crippen LogP contribution in [0.2, 0.25) is 23.2 Å². The van der Waals surface area contributed by atoms with Crippen molar-refractivity contribution in [1.82, 2.24) is 0 Å². The van der Waals surface area contributed by atoms with Crippen LogP contribution in [0.5, 0.6) is 0 Å². The van der Waals surface area contributed by atoms with Gasteiger partial charge in [0.1, 0.15) is 0 Å². The fraction of sp³-hybridized carbons (Fsp3) is 0.562. The second kappa shape index (κ2) is 5.74. The Morgan fingerprint density at radius 1 is 1.29 bits per heavy atom. The van der Waals surface area contributed by atoms with Crippen LogP contribution in [0.4, 0.5) is 5.69 Å². The van der Waals surface area contributed by atoms with Crippen molar-refractivity contribution in [2.75, 3.05) is 5.32 Å². The highest BCUT2D eigenvalue weighted by molar-refractivity contribution is 6.74. The largest absolute Gasteiger partial charge is 0.413 e. The summed E-state index contributed by atoms with van der Waals surface area (Å²) in [5.74, 6) is 0.0137. The predicted octanol–water partition coefficient (Wildman–Crippen LogP) is 4.62. The van der Waals surface area contributed by atoms with E-state index < -0.39 is 8.32 Å². The Labute approximate surface area is 133 Å². The smallest absolute Gasteiger partial charge is 0.226 e. The quantitative estimate of drug-likeness (QED) is 0.806. The van der Waals surface area contributed by atoms with Crippen LogP contribution in [0.15, 0.2) is 18.2 Å². The van der Waals surface area contributed by atoms with Gasteiger partial charge in [0.2, 0.25) is 5.91 Å². The summed E-state index contributed by atoms with van der Waals surface area (Å²) >= 11 is 6.07. The van der Waals surface area contributed by atoms with Crippen molar-refractivity contribution < 1.29 is 9.22 Å². The highest BCUT2D eigenvalue weighted by Gasteiger charge is 2.40. The van der Waals surface area contributed by atoms with Crippen LogP contribution in [0.3, 0.4) is 0 Å². The van der Waals surface area contributed by atoms with E-state index in [2.05, 4.69) is 39.2 Å². The molecule has 1 N–H and O–H groups in total. The number of hydrogen-bond acceptors (Lipinski definition) is 2. The summed E-state index contributed by atoms with van der Waals surface area (Å²) in [6.45, 7) is 11.1. The summed E-state index contributed by atoms with van der Waals surface area (Å²) in [6.07, 6.45) is 1.05. The molecule has 116 valence electrons. The Kier molecular flexibility index (Phi) is 4.52. The minimum Gasteiger partial charge on any atom is -0.413 e. The number of carbonyl (C=O) groups excluding carboxylic acids is 1. The maximum absolute atomic E-state index is 12.1. The van der Waals surface area contributed by atoms with Gasteiger partial charge in [-0.3, -0.25) is 4.79 Å². The molecule has 1 atom stereocenters. The summed E-state index contributed by atoms with van der Waals surface area (Å²) in [4.78, 5) is 12.1. The molecule has 1 aliphatic rings. The van der Waals surface area contributed by atoms with E-state index in [1.54, 1.807) is 6.07 Å². The van der Waals surface area contributed by atoms with Gasteiger partial charge in [-0.2, -0.15) is 0 Å². The Morgan fingerprint density at radius 3 is 2.57 bits per heavy atom. The molecule has 0 radical (unpaired) electrons. The van der Waals surface area contributed by atoms with Crippen LogP contribution in [-0.2, 0) is 15.6 Å². The van der Waals surface area contributed by atoms with E-state index in [0.717, 1.165) is 17.7 Å². The second-order valence-electron chi connectivity index (χ2n) is 7.26. The maximum Gasteiger partial charge on any atom is 0.226 e. The van der Waals surface area contributed by atoms with Crippen LogP contribution < -0.4 is 5.32 Å². The molecule has 1 heterocycles. The normalized spacial score (nSPS) is 19.7. The van der Waals surface area contributed by atoms with Gasteiger partial charge in [0.15, 0.2) is 8.32 Å². The molecule has 1 unspecified atom stereocenters. The summed E-state index contributed by atoms with van der Waals surface area (Å²) in [6, 6.07) is 5.59. The summed E-state index contributed by atoms with van der Waals surface area (Å²) in [5, 5.41) is 3.76. The highest BCUT2D eigenvalue weighted by Crippen LogP contribution is 2.38. The summed E-state index contributed by atoms with van der Waals surface area (Å²) < 4.78 is 6.43. The van der Waals surface area contributed by atoms with Crippen molar-refractivity contribution in [2.45, 2.75) is 57.8 Å². The van der Waals surface area contributed by atoms with E-state index in [1.165, 1.54) is 0 Å². The van der Waals surface area contributed by atoms with Crippen LogP contribution >= 0.6 is 11.6 Å². The van der Waals surface area contributed by atoms with Gasteiger partial charge in [-0.15, -0.1) is 0 Å². The minimum absolute atomic E-state index is 0.0137. The molecular weight excluding hydrogens is 302 g/mol. The van der Waals surface area contributed by atoms with Gasteiger partial charge < -0.3 is 9.74 Å². The zero-order chi connectivity index (χ0) is 15.8. The molecule has 0 aromatic heterocycles. The summed E-state index contributed by atoms with van der Waals surface area (Å²) in [5.41, 5.74) is 1.91. The van der Waals surface area contributed by atoms with Gasteiger partial charge in [0.25, 0.3) is 0 Å². The predicted molar refractivity (Wildman–Crippen MR) is 90.5 cm³/mol. The number of halogens is 1. The average Bonchev–Trinajstić information content (AvgIpc) is 2.44. The lowest BCUT2D eigenvalue weighted by Gasteiger charge is -2.39. The van der Waals surface area contributed by atoms with Gasteiger partial charge in [-0.05, 0) is 48.3 Å². The third-order valence-electron chi connectivity index (χ3n) is 4.47. The fourth-order valence-electron chi connectivity index (χ4n) is 2.26.